The highest BCUT2D eigenvalue weighted by atomic mass is 14.8. The second-order valence-electron chi connectivity index (χ2n) is 5.45. The van der Waals surface area contributed by atoms with E-state index in [9.17, 15) is 0 Å². The van der Waals surface area contributed by atoms with Crippen LogP contribution in [0.15, 0.2) is 0 Å². The molecule has 0 aromatic carbocycles. The van der Waals surface area contributed by atoms with Crippen LogP contribution in [0.4, 0.5) is 0 Å². The van der Waals surface area contributed by atoms with E-state index in [1.807, 2.05) is 0 Å². The van der Waals surface area contributed by atoms with Crippen LogP contribution in [0.2, 0.25) is 0 Å². The molecule has 1 rings (SSSR count). The van der Waals surface area contributed by atoms with Gasteiger partial charge in [-0.3, -0.25) is 0 Å². The number of nitrogens with one attached hydrogen (secondary N) is 1. The molecule has 1 nitrogen and oxygen atoms in total. The molecule has 14 heavy (non-hydrogen) atoms. The van der Waals surface area contributed by atoms with Gasteiger partial charge in [0.25, 0.3) is 0 Å². The molecule has 0 aliphatic heterocycles. The summed E-state index contributed by atoms with van der Waals surface area (Å²) >= 11 is 0. The highest BCUT2D eigenvalue weighted by Crippen LogP contribution is 2.37. The van der Waals surface area contributed by atoms with Crippen LogP contribution in [0, 0.1) is 11.3 Å². The molecule has 0 amide bonds. The van der Waals surface area contributed by atoms with Gasteiger partial charge in [-0.2, -0.15) is 0 Å². The average molecular weight is 197 g/mol. The quantitative estimate of drug-likeness (QED) is 0.686. The van der Waals surface area contributed by atoms with Gasteiger partial charge in [-0.15, -0.1) is 0 Å². The summed E-state index contributed by atoms with van der Waals surface area (Å²) in [5, 5.41) is 3.37. The summed E-state index contributed by atoms with van der Waals surface area (Å²) in [5.74, 6) is 1.03. The standard InChI is InChI=1S/C13H27N/c1-4-9-13(2,11-14-3)10-12-7-5-6-8-12/h12,14H,4-11H2,1-3H3. The van der Waals surface area contributed by atoms with E-state index in [0.717, 1.165) is 5.92 Å². The Morgan fingerprint density at radius 2 is 1.93 bits per heavy atom. The van der Waals surface area contributed by atoms with Crippen molar-refractivity contribution in [3.63, 3.8) is 0 Å². The Kier molecular flexibility index (Phi) is 4.94. The smallest absolute Gasteiger partial charge is 0.000226 e. The molecule has 0 aromatic heterocycles. The van der Waals surface area contributed by atoms with Crippen LogP contribution < -0.4 is 5.32 Å². The lowest BCUT2D eigenvalue weighted by molar-refractivity contribution is 0.216. The first-order valence-corrected chi connectivity index (χ1v) is 6.35. The first kappa shape index (κ1) is 12.0. The molecule has 1 saturated carbocycles. The largest absolute Gasteiger partial charge is 0.319 e. The van der Waals surface area contributed by atoms with Crippen molar-refractivity contribution in [2.75, 3.05) is 13.6 Å². The van der Waals surface area contributed by atoms with E-state index < -0.39 is 0 Å². The maximum absolute atomic E-state index is 3.37. The van der Waals surface area contributed by atoms with Crippen LogP contribution in [0.25, 0.3) is 0 Å². The molecule has 84 valence electrons. The molecule has 0 bridgehead atoms. The molecule has 1 fully saturated rings. The molecule has 1 atom stereocenters. The predicted molar refractivity (Wildman–Crippen MR) is 63.5 cm³/mol. The van der Waals surface area contributed by atoms with Crippen molar-refractivity contribution < 1.29 is 0 Å². The zero-order valence-corrected chi connectivity index (χ0v) is 10.2. The molecular formula is C13H27N. The van der Waals surface area contributed by atoms with Crippen molar-refractivity contribution in [2.24, 2.45) is 11.3 Å². The predicted octanol–water partition coefficient (Wildman–Crippen LogP) is 3.59. The first-order chi connectivity index (χ1) is 6.70. The van der Waals surface area contributed by atoms with E-state index in [4.69, 9.17) is 0 Å². The Labute approximate surface area is 89.7 Å². The number of rotatable bonds is 6. The van der Waals surface area contributed by atoms with Crippen LogP contribution in [-0.2, 0) is 0 Å². The Balaban J connectivity index is 2.39. The van der Waals surface area contributed by atoms with Crippen LogP contribution >= 0.6 is 0 Å². The fourth-order valence-electron chi connectivity index (χ4n) is 3.20. The lowest BCUT2D eigenvalue weighted by Crippen LogP contribution is -2.31. The molecule has 1 heteroatoms. The Morgan fingerprint density at radius 1 is 1.29 bits per heavy atom. The molecule has 1 unspecified atom stereocenters. The number of hydrogen-bond acceptors (Lipinski definition) is 1. The van der Waals surface area contributed by atoms with Gasteiger partial charge in [0.2, 0.25) is 0 Å². The monoisotopic (exact) mass is 197 g/mol. The van der Waals surface area contributed by atoms with E-state index in [-0.39, 0.29) is 0 Å². The minimum atomic E-state index is 0.554. The summed E-state index contributed by atoms with van der Waals surface area (Å²) in [6, 6.07) is 0. The lowest BCUT2D eigenvalue weighted by atomic mass is 9.77. The van der Waals surface area contributed by atoms with Crippen LogP contribution in [0.1, 0.15) is 58.8 Å². The lowest BCUT2D eigenvalue weighted by Gasteiger charge is -2.32. The molecule has 1 aliphatic carbocycles. The third kappa shape index (κ3) is 3.61. The van der Waals surface area contributed by atoms with E-state index in [2.05, 4.69) is 26.2 Å². The molecular weight excluding hydrogens is 170 g/mol. The van der Waals surface area contributed by atoms with Crippen molar-refractivity contribution in [3.05, 3.63) is 0 Å². The van der Waals surface area contributed by atoms with E-state index in [1.165, 1.54) is 51.5 Å². The van der Waals surface area contributed by atoms with Crippen molar-refractivity contribution in [1.29, 1.82) is 0 Å². The highest BCUT2D eigenvalue weighted by molar-refractivity contribution is 4.81. The second kappa shape index (κ2) is 5.75. The Bertz CT molecular complexity index is 141. The summed E-state index contributed by atoms with van der Waals surface area (Å²) < 4.78 is 0. The summed E-state index contributed by atoms with van der Waals surface area (Å²) in [7, 11) is 2.09. The molecule has 0 saturated heterocycles. The Morgan fingerprint density at radius 3 is 2.43 bits per heavy atom. The maximum atomic E-state index is 3.37. The third-order valence-electron chi connectivity index (χ3n) is 3.71. The number of hydrogen-bond donors (Lipinski definition) is 1. The molecule has 1 aliphatic rings. The van der Waals surface area contributed by atoms with E-state index >= 15 is 0 Å². The molecule has 0 aromatic rings. The topological polar surface area (TPSA) is 12.0 Å². The van der Waals surface area contributed by atoms with Crippen molar-refractivity contribution in [2.45, 2.75) is 58.8 Å². The van der Waals surface area contributed by atoms with E-state index in [0.29, 0.717) is 5.41 Å². The summed E-state index contributed by atoms with van der Waals surface area (Å²) in [6.07, 6.45) is 10.1. The molecule has 0 heterocycles. The fourth-order valence-corrected chi connectivity index (χ4v) is 3.20. The van der Waals surface area contributed by atoms with Gasteiger partial charge in [0.15, 0.2) is 0 Å². The second-order valence-corrected chi connectivity index (χ2v) is 5.45. The van der Waals surface area contributed by atoms with Crippen molar-refractivity contribution in [1.82, 2.24) is 5.32 Å². The highest BCUT2D eigenvalue weighted by Gasteiger charge is 2.28. The van der Waals surface area contributed by atoms with Gasteiger partial charge in [-0.05, 0) is 31.2 Å². The molecule has 1 N–H and O–H groups in total. The fraction of sp³-hybridized carbons (Fsp3) is 1.00. The SMILES string of the molecule is CCCC(C)(CNC)CC1CCCC1. The average Bonchev–Trinajstić information content (AvgIpc) is 2.57. The molecule has 0 spiro atoms. The van der Waals surface area contributed by atoms with Gasteiger partial charge >= 0.3 is 0 Å². The maximum Gasteiger partial charge on any atom is 0.000226 e. The van der Waals surface area contributed by atoms with Gasteiger partial charge in [-0.25, -0.2) is 0 Å². The first-order valence-electron chi connectivity index (χ1n) is 6.35. The van der Waals surface area contributed by atoms with Gasteiger partial charge in [0, 0.05) is 6.54 Å². The minimum absolute atomic E-state index is 0.554. The summed E-state index contributed by atoms with van der Waals surface area (Å²) in [4.78, 5) is 0. The van der Waals surface area contributed by atoms with Crippen molar-refractivity contribution >= 4 is 0 Å². The van der Waals surface area contributed by atoms with Gasteiger partial charge in [0.05, 0.1) is 0 Å². The van der Waals surface area contributed by atoms with E-state index in [1.54, 1.807) is 0 Å². The van der Waals surface area contributed by atoms with Gasteiger partial charge in [0.1, 0.15) is 0 Å². The summed E-state index contributed by atoms with van der Waals surface area (Å²) in [6.45, 7) is 5.96. The minimum Gasteiger partial charge on any atom is -0.319 e. The molecule has 0 radical (unpaired) electrons. The third-order valence-corrected chi connectivity index (χ3v) is 3.71. The zero-order chi connectivity index (χ0) is 10.4. The Hall–Kier alpha value is -0.0400. The summed E-state index contributed by atoms with van der Waals surface area (Å²) in [5.41, 5.74) is 0.554. The van der Waals surface area contributed by atoms with Crippen molar-refractivity contribution in [3.8, 4) is 0 Å². The van der Waals surface area contributed by atoms with Gasteiger partial charge < -0.3 is 5.32 Å². The van der Waals surface area contributed by atoms with Crippen LogP contribution in [0.3, 0.4) is 0 Å². The normalized spacial score (nSPS) is 22.5. The van der Waals surface area contributed by atoms with Crippen LogP contribution in [0.5, 0.6) is 0 Å². The van der Waals surface area contributed by atoms with Gasteiger partial charge in [-0.1, -0.05) is 46.0 Å². The van der Waals surface area contributed by atoms with Crippen LogP contribution in [-0.4, -0.2) is 13.6 Å². The zero-order valence-electron chi connectivity index (χ0n) is 10.2.